The quantitative estimate of drug-likeness (QED) is 0.410. The molecule has 0 spiro atoms. The molecule has 0 saturated carbocycles. The third-order valence-corrected chi connectivity index (χ3v) is 4.57. The molecule has 0 fully saturated rings. The molecule has 1 aliphatic heterocycles. The molecule has 1 aromatic rings. The van der Waals surface area contributed by atoms with Gasteiger partial charge < -0.3 is 5.32 Å². The third kappa shape index (κ3) is 4.85. The van der Waals surface area contributed by atoms with Gasteiger partial charge in [0.05, 0.1) is 0 Å². The highest BCUT2D eigenvalue weighted by atomic mass is 32.2. The number of hydrogen-bond acceptors (Lipinski definition) is 5. The normalized spacial score (nSPS) is 18.7. The minimum Gasteiger partial charge on any atom is -0.360 e. The van der Waals surface area contributed by atoms with Crippen molar-refractivity contribution in [1.29, 1.82) is 0 Å². The second kappa shape index (κ2) is 9.49. The van der Waals surface area contributed by atoms with Crippen molar-refractivity contribution in [2.45, 2.75) is 18.7 Å². The number of nitrogens with one attached hydrogen (secondary N) is 4. The molecule has 1 aliphatic rings. The zero-order chi connectivity index (χ0) is 17.4. The summed E-state index contributed by atoms with van der Waals surface area (Å²) in [5.41, 5.74) is 4.64. The molecule has 0 radical (unpaired) electrons. The van der Waals surface area contributed by atoms with Gasteiger partial charge in [-0.15, -0.1) is 0 Å². The van der Waals surface area contributed by atoms with Crippen molar-refractivity contribution in [2.24, 2.45) is 0 Å². The number of thioether (sulfide) groups is 1. The molecule has 4 nitrogen and oxygen atoms in total. The Morgan fingerprint density at radius 3 is 2.67 bits per heavy atom. The molecule has 0 aromatic heterocycles. The molecular weight excluding hydrogens is 316 g/mol. The number of allylic oxidation sites excluding steroid dienone is 4. The number of hydrogen-bond donors (Lipinski definition) is 4. The van der Waals surface area contributed by atoms with Crippen LogP contribution in [0.15, 0.2) is 61.1 Å². The summed E-state index contributed by atoms with van der Waals surface area (Å²) in [5, 5.41) is 15.6. The fraction of sp³-hybridized carbons (Fsp3) is 0.263. The van der Waals surface area contributed by atoms with Gasteiger partial charge in [-0.05, 0) is 35.7 Å². The molecule has 0 aliphatic carbocycles. The molecule has 2 rings (SSSR count). The topological polar surface area (TPSA) is 48.1 Å². The first-order valence-corrected chi connectivity index (χ1v) is 9.01. The van der Waals surface area contributed by atoms with Gasteiger partial charge in [0.2, 0.25) is 0 Å². The third-order valence-electron chi connectivity index (χ3n) is 3.67. The van der Waals surface area contributed by atoms with Gasteiger partial charge in [-0.1, -0.05) is 74.3 Å². The fourth-order valence-electron chi connectivity index (χ4n) is 2.43. The summed E-state index contributed by atoms with van der Waals surface area (Å²) >= 11 is 1.73. The Kier molecular flexibility index (Phi) is 7.34. The van der Waals surface area contributed by atoms with E-state index in [1.54, 1.807) is 17.8 Å². The van der Waals surface area contributed by atoms with Crippen molar-refractivity contribution in [3.05, 3.63) is 72.2 Å². The van der Waals surface area contributed by atoms with E-state index in [0.717, 1.165) is 23.4 Å². The van der Waals surface area contributed by atoms with Crippen LogP contribution in [0.25, 0.3) is 11.3 Å². The summed E-state index contributed by atoms with van der Waals surface area (Å²) in [4.78, 5) is 0. The van der Waals surface area contributed by atoms with Crippen molar-refractivity contribution in [3.63, 3.8) is 0 Å². The maximum Gasteiger partial charge on any atom is 0.132 e. The highest BCUT2D eigenvalue weighted by Gasteiger charge is 2.19. The first kappa shape index (κ1) is 18.5. The van der Waals surface area contributed by atoms with E-state index in [9.17, 15) is 0 Å². The van der Waals surface area contributed by atoms with Gasteiger partial charge in [-0.25, -0.2) is 0 Å². The first-order valence-electron chi connectivity index (χ1n) is 8.06. The van der Waals surface area contributed by atoms with Crippen LogP contribution >= 0.6 is 11.8 Å². The van der Waals surface area contributed by atoms with Crippen LogP contribution in [0.5, 0.6) is 0 Å². The Morgan fingerprint density at radius 2 is 2.08 bits per heavy atom. The van der Waals surface area contributed by atoms with E-state index < -0.39 is 0 Å². The van der Waals surface area contributed by atoms with Crippen molar-refractivity contribution in [2.75, 3.05) is 13.6 Å². The number of benzene rings is 1. The molecule has 1 aromatic carbocycles. The van der Waals surface area contributed by atoms with Gasteiger partial charge in [0, 0.05) is 5.70 Å². The van der Waals surface area contributed by atoms with Crippen LogP contribution in [0.3, 0.4) is 0 Å². The van der Waals surface area contributed by atoms with Gasteiger partial charge in [0.1, 0.15) is 11.8 Å². The van der Waals surface area contributed by atoms with Crippen LogP contribution < -0.4 is 21.3 Å². The molecule has 2 unspecified atom stereocenters. The van der Waals surface area contributed by atoms with E-state index in [0.29, 0.717) is 0 Å². The second-order valence-corrected chi connectivity index (χ2v) is 6.26. The number of rotatable bonds is 9. The Labute approximate surface area is 149 Å². The maximum atomic E-state index is 3.85. The van der Waals surface area contributed by atoms with Crippen molar-refractivity contribution in [3.8, 4) is 0 Å². The minimum absolute atomic E-state index is 0.0781. The van der Waals surface area contributed by atoms with Gasteiger partial charge in [0.15, 0.2) is 0 Å². The highest BCUT2D eigenvalue weighted by Crippen LogP contribution is 2.27. The lowest BCUT2D eigenvalue weighted by molar-refractivity contribution is 0.371. The standard InChI is InChI=1S/C19H26N4S/c1-5-8-14(6-2)15-9-11-16(12-10-15)17-13-24-19(22-17)23-18(20-4)21-7-3/h5-6,8-13,18-23H,1-2,7H2,3-4H3/b14-8+. The first-order chi connectivity index (χ1) is 11.7. The predicted octanol–water partition coefficient (Wildman–Crippen LogP) is 3.06. The molecule has 0 amide bonds. The van der Waals surface area contributed by atoms with Gasteiger partial charge in [0.25, 0.3) is 0 Å². The van der Waals surface area contributed by atoms with Crippen molar-refractivity contribution < 1.29 is 0 Å². The van der Waals surface area contributed by atoms with Gasteiger partial charge >= 0.3 is 0 Å². The van der Waals surface area contributed by atoms with Crippen LogP contribution in [0.4, 0.5) is 0 Å². The van der Waals surface area contributed by atoms with Gasteiger partial charge in [-0.3, -0.25) is 16.0 Å². The van der Waals surface area contributed by atoms with Crippen LogP contribution in [-0.4, -0.2) is 25.4 Å². The summed E-state index contributed by atoms with van der Waals surface area (Å²) in [5.74, 6) is 0. The van der Waals surface area contributed by atoms with Crippen LogP contribution in [-0.2, 0) is 0 Å². The van der Waals surface area contributed by atoms with E-state index >= 15 is 0 Å². The summed E-state index contributed by atoms with van der Waals surface area (Å²) in [6, 6.07) is 8.46. The average Bonchev–Trinajstić information content (AvgIpc) is 3.08. The van der Waals surface area contributed by atoms with E-state index in [1.807, 2.05) is 19.2 Å². The second-order valence-electron chi connectivity index (χ2n) is 5.28. The molecule has 128 valence electrons. The zero-order valence-electron chi connectivity index (χ0n) is 14.3. The minimum atomic E-state index is 0.0781. The summed E-state index contributed by atoms with van der Waals surface area (Å²) < 4.78 is 0. The molecule has 1 heterocycles. The van der Waals surface area contributed by atoms with Crippen molar-refractivity contribution >= 4 is 23.0 Å². The monoisotopic (exact) mass is 342 g/mol. The summed E-state index contributed by atoms with van der Waals surface area (Å²) in [6.45, 7) is 10.6. The highest BCUT2D eigenvalue weighted by molar-refractivity contribution is 8.03. The lowest BCUT2D eigenvalue weighted by atomic mass is 10.0. The van der Waals surface area contributed by atoms with E-state index in [4.69, 9.17) is 0 Å². The SMILES string of the molecule is C=C/C=C(\C=C)c1ccc(C2=CSC(NC(NC)NCC)N2)cc1. The smallest absolute Gasteiger partial charge is 0.132 e. The Bertz CT molecular complexity index is 619. The molecule has 2 atom stereocenters. The molecular formula is C19H26N4S. The largest absolute Gasteiger partial charge is 0.360 e. The molecule has 5 heteroatoms. The van der Waals surface area contributed by atoms with E-state index in [1.165, 1.54) is 5.56 Å². The van der Waals surface area contributed by atoms with Crippen LogP contribution in [0.2, 0.25) is 0 Å². The van der Waals surface area contributed by atoms with Crippen molar-refractivity contribution in [1.82, 2.24) is 21.3 Å². The lowest BCUT2D eigenvalue weighted by Gasteiger charge is -2.23. The predicted molar refractivity (Wildman–Crippen MR) is 107 cm³/mol. The average molecular weight is 343 g/mol. The summed E-state index contributed by atoms with van der Waals surface area (Å²) in [6.07, 6.45) is 5.66. The molecule has 4 N–H and O–H groups in total. The van der Waals surface area contributed by atoms with E-state index in [-0.39, 0.29) is 11.8 Å². The molecule has 24 heavy (non-hydrogen) atoms. The Hall–Kier alpha value is -1.79. The Morgan fingerprint density at radius 1 is 1.33 bits per heavy atom. The fourth-order valence-corrected chi connectivity index (χ4v) is 3.31. The molecule has 0 bridgehead atoms. The van der Waals surface area contributed by atoms with Gasteiger partial charge in [-0.2, -0.15) is 0 Å². The van der Waals surface area contributed by atoms with Crippen LogP contribution in [0.1, 0.15) is 18.1 Å². The Balaban J connectivity index is 1.99. The van der Waals surface area contributed by atoms with E-state index in [2.05, 4.69) is 71.0 Å². The van der Waals surface area contributed by atoms with Crippen LogP contribution in [0, 0.1) is 0 Å². The lowest BCUT2D eigenvalue weighted by Crippen LogP contribution is -2.56. The zero-order valence-corrected chi connectivity index (χ0v) is 15.1. The maximum absolute atomic E-state index is 3.85. The molecule has 0 saturated heterocycles. The summed E-state index contributed by atoms with van der Waals surface area (Å²) in [7, 11) is 1.93.